The molecule has 2 aromatic carbocycles. The fraction of sp³-hybridized carbons (Fsp3) is 0.385. The zero-order chi connectivity index (χ0) is 23.4. The summed E-state index contributed by atoms with van der Waals surface area (Å²) >= 11 is 0. The molecule has 1 aliphatic rings. The molecule has 2 amide bonds. The van der Waals surface area contributed by atoms with E-state index in [1.807, 2.05) is 55.5 Å². The molecule has 0 spiro atoms. The highest BCUT2D eigenvalue weighted by molar-refractivity contribution is 5.91. The van der Waals surface area contributed by atoms with Crippen LogP contribution in [0.25, 0.3) is 10.9 Å². The largest absolute Gasteiger partial charge is 0.495 e. The number of methoxy groups -OCH3 is 1. The number of likely N-dealkylation sites (N-methyl/N-ethyl adjacent to an activating group) is 1. The normalized spacial score (nSPS) is 16.2. The predicted octanol–water partition coefficient (Wildman–Crippen LogP) is 4.36. The molecular weight excluding hydrogens is 416 g/mol. The number of nitrogens with zero attached hydrogens (tertiary/aromatic N) is 2. The molecule has 2 N–H and O–H groups in total. The topological polar surface area (TPSA) is 77.7 Å². The van der Waals surface area contributed by atoms with Crippen LogP contribution in [0.5, 0.6) is 5.75 Å². The SMILES string of the molecule is CCN1CCC[C@@H]1CN(Cc1cc2cc(C)ccc2[nH]c1=O)C(=O)Nc1ccccc1OC. The number of nitrogens with one attached hydrogen (secondary N) is 2. The van der Waals surface area contributed by atoms with Crippen LogP contribution in [0.3, 0.4) is 0 Å². The van der Waals surface area contributed by atoms with Crippen molar-refractivity contribution in [3.05, 3.63) is 70.0 Å². The number of rotatable bonds is 7. The number of aryl methyl sites for hydroxylation is 1. The van der Waals surface area contributed by atoms with Crippen LogP contribution in [0, 0.1) is 6.92 Å². The van der Waals surface area contributed by atoms with E-state index >= 15 is 0 Å². The Bertz CT molecular complexity index is 1190. The molecule has 174 valence electrons. The van der Waals surface area contributed by atoms with Gasteiger partial charge in [-0.25, -0.2) is 4.79 Å². The number of urea groups is 1. The van der Waals surface area contributed by atoms with Crippen molar-refractivity contribution >= 4 is 22.6 Å². The van der Waals surface area contributed by atoms with E-state index < -0.39 is 0 Å². The summed E-state index contributed by atoms with van der Waals surface area (Å²) in [6.45, 7) is 6.94. The number of amides is 2. The second-order valence-corrected chi connectivity index (χ2v) is 8.65. The first-order valence-corrected chi connectivity index (χ1v) is 11.5. The lowest BCUT2D eigenvalue weighted by atomic mass is 10.1. The van der Waals surface area contributed by atoms with Gasteiger partial charge in [0.25, 0.3) is 5.56 Å². The molecule has 4 rings (SSSR count). The number of likely N-dealkylation sites (tertiary alicyclic amines) is 1. The average Bonchev–Trinajstić information content (AvgIpc) is 3.26. The average molecular weight is 449 g/mol. The third-order valence-electron chi connectivity index (χ3n) is 6.41. The van der Waals surface area contributed by atoms with E-state index in [1.165, 1.54) is 0 Å². The summed E-state index contributed by atoms with van der Waals surface area (Å²) in [6, 6.07) is 15.2. The maximum atomic E-state index is 13.4. The molecule has 1 atom stereocenters. The van der Waals surface area contributed by atoms with Crippen LogP contribution in [0.1, 0.15) is 30.9 Å². The van der Waals surface area contributed by atoms with Gasteiger partial charge in [0, 0.05) is 23.7 Å². The number of carbonyl (C=O) groups is 1. The number of aromatic amines is 1. The van der Waals surface area contributed by atoms with Crippen LogP contribution in [-0.2, 0) is 6.54 Å². The van der Waals surface area contributed by atoms with Gasteiger partial charge < -0.3 is 19.9 Å². The quantitative estimate of drug-likeness (QED) is 0.563. The summed E-state index contributed by atoms with van der Waals surface area (Å²) in [4.78, 5) is 33.4. The predicted molar refractivity (Wildman–Crippen MR) is 132 cm³/mol. The molecule has 1 aliphatic heterocycles. The van der Waals surface area contributed by atoms with Crippen molar-refractivity contribution in [1.29, 1.82) is 0 Å². The summed E-state index contributed by atoms with van der Waals surface area (Å²) in [5.74, 6) is 0.598. The third kappa shape index (κ3) is 5.20. The number of pyridine rings is 1. The van der Waals surface area contributed by atoms with Gasteiger partial charge in [-0.15, -0.1) is 0 Å². The molecule has 7 nitrogen and oxygen atoms in total. The van der Waals surface area contributed by atoms with E-state index in [1.54, 1.807) is 12.0 Å². The molecule has 0 saturated carbocycles. The molecule has 1 fully saturated rings. The Morgan fingerprint density at radius 3 is 2.85 bits per heavy atom. The monoisotopic (exact) mass is 448 g/mol. The van der Waals surface area contributed by atoms with Crippen molar-refractivity contribution < 1.29 is 9.53 Å². The Morgan fingerprint density at radius 1 is 1.24 bits per heavy atom. The summed E-state index contributed by atoms with van der Waals surface area (Å²) in [6.07, 6.45) is 2.16. The molecule has 1 saturated heterocycles. The van der Waals surface area contributed by atoms with E-state index in [0.29, 0.717) is 23.5 Å². The number of H-pyrrole nitrogens is 1. The highest BCUT2D eigenvalue weighted by Gasteiger charge is 2.28. The summed E-state index contributed by atoms with van der Waals surface area (Å²) in [7, 11) is 1.58. The number of carbonyl (C=O) groups excluding carboxylic acids is 1. The maximum absolute atomic E-state index is 13.4. The Balaban J connectivity index is 1.63. The van der Waals surface area contributed by atoms with Crippen molar-refractivity contribution in [3.8, 4) is 5.75 Å². The number of aromatic nitrogens is 1. The molecule has 3 aromatic rings. The van der Waals surface area contributed by atoms with Crippen molar-refractivity contribution in [2.24, 2.45) is 0 Å². The van der Waals surface area contributed by atoms with Crippen LogP contribution in [-0.4, -0.2) is 53.6 Å². The summed E-state index contributed by atoms with van der Waals surface area (Å²) in [5.41, 5.74) is 2.93. The van der Waals surface area contributed by atoms with E-state index in [9.17, 15) is 9.59 Å². The van der Waals surface area contributed by atoms with Crippen molar-refractivity contribution in [2.75, 3.05) is 32.1 Å². The molecule has 1 aromatic heterocycles. The third-order valence-corrected chi connectivity index (χ3v) is 6.41. The van der Waals surface area contributed by atoms with Crippen LogP contribution < -0.4 is 15.6 Å². The number of benzene rings is 2. The lowest BCUT2D eigenvalue weighted by Crippen LogP contribution is -2.45. The summed E-state index contributed by atoms with van der Waals surface area (Å²) in [5, 5.41) is 3.95. The molecule has 0 unspecified atom stereocenters. The molecule has 0 bridgehead atoms. The Morgan fingerprint density at radius 2 is 2.06 bits per heavy atom. The first-order valence-electron chi connectivity index (χ1n) is 11.5. The standard InChI is InChI=1S/C26H32N4O3/c1-4-29-13-7-8-21(29)17-30(26(32)28-23-9-5-6-10-24(23)33-3)16-20-15-19-14-18(2)11-12-22(19)27-25(20)31/h5-6,9-12,14-15,21H,4,7-8,13,16-17H2,1-3H3,(H,27,31)(H,28,32)/t21-/m1/s1. The van der Waals surface area contributed by atoms with E-state index in [4.69, 9.17) is 4.74 Å². The Hall–Kier alpha value is -3.32. The first-order chi connectivity index (χ1) is 16.0. The van der Waals surface area contributed by atoms with E-state index in [-0.39, 0.29) is 24.2 Å². The van der Waals surface area contributed by atoms with Crippen molar-refractivity contribution in [3.63, 3.8) is 0 Å². The zero-order valence-electron chi connectivity index (χ0n) is 19.6. The van der Waals surface area contributed by atoms with Crippen LogP contribution in [0.4, 0.5) is 10.5 Å². The fourth-order valence-corrected chi connectivity index (χ4v) is 4.63. The Labute approximate surface area is 194 Å². The molecule has 2 heterocycles. The van der Waals surface area contributed by atoms with Gasteiger partial charge in [-0.2, -0.15) is 0 Å². The first kappa shape index (κ1) is 22.9. The minimum absolute atomic E-state index is 0.166. The molecule has 7 heteroatoms. The number of fused-ring (bicyclic) bond motifs is 1. The highest BCUT2D eigenvalue weighted by atomic mass is 16.5. The lowest BCUT2D eigenvalue weighted by Gasteiger charge is -2.30. The summed E-state index contributed by atoms with van der Waals surface area (Å²) < 4.78 is 5.39. The highest BCUT2D eigenvalue weighted by Crippen LogP contribution is 2.25. The van der Waals surface area contributed by atoms with Gasteiger partial charge in [0.15, 0.2) is 0 Å². The van der Waals surface area contributed by atoms with Gasteiger partial charge in [-0.1, -0.05) is 30.7 Å². The van der Waals surface area contributed by atoms with E-state index in [2.05, 4.69) is 22.1 Å². The van der Waals surface area contributed by atoms with Crippen molar-refractivity contribution in [1.82, 2.24) is 14.8 Å². The van der Waals surface area contributed by atoms with Gasteiger partial charge in [0.1, 0.15) is 5.75 Å². The maximum Gasteiger partial charge on any atom is 0.322 e. The van der Waals surface area contributed by atoms with E-state index in [0.717, 1.165) is 42.4 Å². The lowest BCUT2D eigenvalue weighted by molar-refractivity contribution is 0.174. The van der Waals surface area contributed by atoms with Crippen LogP contribution in [0.2, 0.25) is 0 Å². The van der Waals surface area contributed by atoms with Gasteiger partial charge >= 0.3 is 6.03 Å². The van der Waals surface area contributed by atoms with Crippen LogP contribution >= 0.6 is 0 Å². The number of hydrogen-bond donors (Lipinski definition) is 2. The van der Waals surface area contributed by atoms with Crippen molar-refractivity contribution in [2.45, 2.75) is 39.3 Å². The van der Waals surface area contributed by atoms with Gasteiger partial charge in [0.2, 0.25) is 0 Å². The second kappa shape index (κ2) is 10.1. The molecule has 0 aliphatic carbocycles. The zero-order valence-corrected chi connectivity index (χ0v) is 19.6. The Kier molecular flexibility index (Phi) is 6.99. The minimum atomic E-state index is -0.244. The number of ether oxygens (including phenoxy) is 1. The van der Waals surface area contributed by atoms with Crippen LogP contribution in [0.15, 0.2) is 53.3 Å². The second-order valence-electron chi connectivity index (χ2n) is 8.65. The smallest absolute Gasteiger partial charge is 0.322 e. The molecule has 33 heavy (non-hydrogen) atoms. The number of hydrogen-bond acceptors (Lipinski definition) is 4. The van der Waals surface area contributed by atoms with Gasteiger partial charge in [-0.3, -0.25) is 9.69 Å². The molecule has 0 radical (unpaired) electrons. The minimum Gasteiger partial charge on any atom is -0.495 e. The number of anilines is 1. The fourth-order valence-electron chi connectivity index (χ4n) is 4.63. The van der Waals surface area contributed by atoms with Gasteiger partial charge in [0.05, 0.1) is 19.3 Å². The van der Waals surface area contributed by atoms with Gasteiger partial charge in [-0.05, 0) is 68.6 Å². The number of para-hydroxylation sites is 2. The molecular formula is C26H32N4O3.